The third-order valence-corrected chi connectivity index (χ3v) is 4.87. The van der Waals surface area contributed by atoms with Crippen molar-refractivity contribution in [3.63, 3.8) is 0 Å². The Bertz CT molecular complexity index is 788. The van der Waals surface area contributed by atoms with E-state index < -0.39 is 0 Å². The van der Waals surface area contributed by atoms with Crippen molar-refractivity contribution in [3.8, 4) is 0 Å². The second-order valence-corrected chi connectivity index (χ2v) is 6.88. The van der Waals surface area contributed by atoms with Gasteiger partial charge in [-0.3, -0.25) is 14.8 Å². The molecular formula is C20H25ClN6O. The number of piperazine rings is 1. The zero-order valence-electron chi connectivity index (χ0n) is 15.9. The van der Waals surface area contributed by atoms with E-state index in [-0.39, 0.29) is 12.5 Å². The zero-order chi connectivity index (χ0) is 19.8. The van der Waals surface area contributed by atoms with Crippen LogP contribution in [0, 0.1) is 0 Å². The number of amides is 1. The summed E-state index contributed by atoms with van der Waals surface area (Å²) < 4.78 is 0. The molecule has 0 unspecified atom stereocenters. The largest absolute Gasteiger partial charge is 0.368 e. The number of aromatic nitrogens is 1. The first-order valence-electron chi connectivity index (χ1n) is 9.28. The number of hydrogen-bond donors (Lipinski definition) is 2. The Morgan fingerprint density at radius 2 is 1.86 bits per heavy atom. The molecule has 1 saturated heterocycles. The van der Waals surface area contributed by atoms with Gasteiger partial charge in [-0.15, -0.1) is 0 Å². The molecule has 0 atom stereocenters. The number of aliphatic imine (C=N–C) groups is 1. The van der Waals surface area contributed by atoms with Crippen LogP contribution >= 0.6 is 11.6 Å². The van der Waals surface area contributed by atoms with Gasteiger partial charge in [0, 0.05) is 50.1 Å². The van der Waals surface area contributed by atoms with E-state index in [4.69, 9.17) is 11.6 Å². The number of nitrogens with one attached hydrogen (secondary N) is 2. The summed E-state index contributed by atoms with van der Waals surface area (Å²) in [5, 5.41) is 6.97. The van der Waals surface area contributed by atoms with Gasteiger partial charge in [0.15, 0.2) is 5.96 Å². The van der Waals surface area contributed by atoms with Gasteiger partial charge in [0.1, 0.15) is 0 Å². The summed E-state index contributed by atoms with van der Waals surface area (Å²) in [5.41, 5.74) is 2.05. The molecule has 1 amide bonds. The topological polar surface area (TPSA) is 72.9 Å². The van der Waals surface area contributed by atoms with Gasteiger partial charge in [-0.2, -0.15) is 0 Å². The van der Waals surface area contributed by atoms with Crippen molar-refractivity contribution >= 4 is 29.2 Å². The van der Waals surface area contributed by atoms with E-state index in [9.17, 15) is 4.79 Å². The summed E-state index contributed by atoms with van der Waals surface area (Å²) in [6.45, 7) is 3.77. The molecule has 2 N–H and O–H groups in total. The number of pyridine rings is 1. The van der Waals surface area contributed by atoms with Gasteiger partial charge in [-0.25, -0.2) is 0 Å². The standard InChI is InChI=1S/C20H25ClN6O/c1-22-20(24-14-17-4-2-3-9-23-17)25-15-19(28)27-12-10-26(11-13-27)18-7-5-16(21)6-8-18/h2-9H,10-15H2,1H3,(H2,22,24,25). The molecule has 0 bridgehead atoms. The quantitative estimate of drug-likeness (QED) is 0.591. The Hall–Kier alpha value is -2.80. The van der Waals surface area contributed by atoms with Crippen LogP contribution in [0.4, 0.5) is 5.69 Å². The van der Waals surface area contributed by atoms with Crippen molar-refractivity contribution in [2.45, 2.75) is 6.54 Å². The lowest BCUT2D eigenvalue weighted by molar-refractivity contribution is -0.130. The predicted molar refractivity (Wildman–Crippen MR) is 113 cm³/mol. The highest BCUT2D eigenvalue weighted by Crippen LogP contribution is 2.19. The number of carbonyl (C=O) groups excluding carboxylic acids is 1. The average Bonchev–Trinajstić information content (AvgIpc) is 2.75. The fourth-order valence-corrected chi connectivity index (χ4v) is 3.16. The number of anilines is 1. The molecule has 2 aromatic rings. The molecule has 1 aliphatic rings. The highest BCUT2D eigenvalue weighted by Gasteiger charge is 2.21. The number of hydrogen-bond acceptors (Lipinski definition) is 4. The first-order chi connectivity index (χ1) is 13.7. The van der Waals surface area contributed by atoms with Crippen LogP contribution in [0.15, 0.2) is 53.7 Å². The Morgan fingerprint density at radius 1 is 1.11 bits per heavy atom. The van der Waals surface area contributed by atoms with Crippen LogP contribution in [0.2, 0.25) is 5.02 Å². The fraction of sp³-hybridized carbons (Fsp3) is 0.350. The van der Waals surface area contributed by atoms with E-state index in [0.29, 0.717) is 25.6 Å². The molecule has 28 heavy (non-hydrogen) atoms. The molecule has 1 aliphatic heterocycles. The van der Waals surface area contributed by atoms with E-state index in [1.165, 1.54) is 0 Å². The maximum atomic E-state index is 12.5. The van der Waals surface area contributed by atoms with Crippen LogP contribution < -0.4 is 15.5 Å². The van der Waals surface area contributed by atoms with E-state index in [2.05, 4.69) is 25.5 Å². The highest BCUT2D eigenvalue weighted by atomic mass is 35.5. The second-order valence-electron chi connectivity index (χ2n) is 6.44. The van der Waals surface area contributed by atoms with Crippen molar-refractivity contribution in [1.82, 2.24) is 20.5 Å². The van der Waals surface area contributed by atoms with Gasteiger partial charge >= 0.3 is 0 Å². The molecule has 1 aromatic heterocycles. The number of carbonyl (C=O) groups is 1. The van der Waals surface area contributed by atoms with E-state index in [1.54, 1.807) is 13.2 Å². The summed E-state index contributed by atoms with van der Waals surface area (Å²) >= 11 is 5.95. The Balaban J connectivity index is 1.41. The SMILES string of the molecule is CN=C(NCC(=O)N1CCN(c2ccc(Cl)cc2)CC1)NCc1ccccn1. The molecule has 0 saturated carbocycles. The third kappa shape index (κ3) is 5.60. The van der Waals surface area contributed by atoms with Crippen molar-refractivity contribution in [2.24, 2.45) is 4.99 Å². The normalized spacial score (nSPS) is 14.7. The number of halogens is 1. The molecule has 1 fully saturated rings. The van der Waals surface area contributed by atoms with Crippen molar-refractivity contribution in [3.05, 3.63) is 59.4 Å². The maximum absolute atomic E-state index is 12.5. The van der Waals surface area contributed by atoms with E-state index in [0.717, 1.165) is 29.5 Å². The lowest BCUT2D eigenvalue weighted by Gasteiger charge is -2.36. The number of benzene rings is 1. The minimum atomic E-state index is 0.0662. The molecule has 148 valence electrons. The van der Waals surface area contributed by atoms with Gasteiger partial charge in [0.05, 0.1) is 18.8 Å². The molecule has 0 aliphatic carbocycles. The van der Waals surface area contributed by atoms with Crippen molar-refractivity contribution < 1.29 is 4.79 Å². The number of guanidine groups is 1. The fourth-order valence-electron chi connectivity index (χ4n) is 3.03. The monoisotopic (exact) mass is 400 g/mol. The van der Waals surface area contributed by atoms with Crippen LogP contribution in [0.25, 0.3) is 0 Å². The number of rotatable bonds is 5. The molecule has 0 spiro atoms. The van der Waals surface area contributed by atoms with Crippen LogP contribution in [0.1, 0.15) is 5.69 Å². The maximum Gasteiger partial charge on any atom is 0.242 e. The first kappa shape index (κ1) is 19.9. The lowest BCUT2D eigenvalue weighted by atomic mass is 10.2. The second kappa shape index (κ2) is 9.94. The minimum absolute atomic E-state index is 0.0662. The summed E-state index contributed by atoms with van der Waals surface area (Å²) in [6, 6.07) is 13.6. The third-order valence-electron chi connectivity index (χ3n) is 4.62. The van der Waals surface area contributed by atoms with Crippen LogP contribution in [-0.2, 0) is 11.3 Å². The van der Waals surface area contributed by atoms with Gasteiger partial charge in [-0.05, 0) is 36.4 Å². The smallest absolute Gasteiger partial charge is 0.242 e. The number of nitrogens with zero attached hydrogens (tertiary/aromatic N) is 4. The summed E-state index contributed by atoms with van der Waals surface area (Å²) in [7, 11) is 1.68. The van der Waals surface area contributed by atoms with Gasteiger partial charge in [-0.1, -0.05) is 17.7 Å². The van der Waals surface area contributed by atoms with Crippen LogP contribution in [0.3, 0.4) is 0 Å². The van der Waals surface area contributed by atoms with Crippen LogP contribution in [-0.4, -0.2) is 61.5 Å². The van der Waals surface area contributed by atoms with Crippen LogP contribution in [0.5, 0.6) is 0 Å². The lowest BCUT2D eigenvalue weighted by Crippen LogP contribution is -2.52. The Labute approximate surface area is 170 Å². The molecule has 2 heterocycles. The average molecular weight is 401 g/mol. The molecule has 7 nitrogen and oxygen atoms in total. The highest BCUT2D eigenvalue weighted by molar-refractivity contribution is 6.30. The summed E-state index contributed by atoms with van der Waals surface area (Å²) in [5.74, 6) is 0.648. The van der Waals surface area contributed by atoms with Gasteiger partial charge in [0.25, 0.3) is 0 Å². The van der Waals surface area contributed by atoms with Crippen molar-refractivity contribution in [1.29, 1.82) is 0 Å². The molecular weight excluding hydrogens is 376 g/mol. The first-order valence-corrected chi connectivity index (χ1v) is 9.66. The Kier molecular flexibility index (Phi) is 7.08. The molecule has 8 heteroatoms. The summed E-state index contributed by atoms with van der Waals surface area (Å²) in [6.07, 6.45) is 1.75. The molecule has 0 radical (unpaired) electrons. The zero-order valence-corrected chi connectivity index (χ0v) is 16.7. The minimum Gasteiger partial charge on any atom is -0.368 e. The predicted octanol–water partition coefficient (Wildman–Crippen LogP) is 1.75. The van der Waals surface area contributed by atoms with Crippen molar-refractivity contribution in [2.75, 3.05) is 44.7 Å². The summed E-state index contributed by atoms with van der Waals surface area (Å²) in [4.78, 5) is 25.1. The molecule has 3 rings (SSSR count). The van der Waals surface area contributed by atoms with E-state index >= 15 is 0 Å². The van der Waals surface area contributed by atoms with Gasteiger partial charge in [0.2, 0.25) is 5.91 Å². The van der Waals surface area contributed by atoms with Gasteiger partial charge < -0.3 is 20.4 Å². The van der Waals surface area contributed by atoms with E-state index in [1.807, 2.05) is 47.4 Å². The molecule has 1 aromatic carbocycles. The Morgan fingerprint density at radius 3 is 2.50 bits per heavy atom.